The molecule has 1 aromatic heterocycles. The van der Waals surface area contributed by atoms with E-state index in [0.29, 0.717) is 18.1 Å². The third-order valence-corrected chi connectivity index (χ3v) is 2.59. The van der Waals surface area contributed by atoms with Gasteiger partial charge < -0.3 is 15.2 Å². The number of rotatable bonds is 5. The molecular weight excluding hydrogens is 313 g/mol. The summed E-state index contributed by atoms with van der Waals surface area (Å²) in [6.45, 7) is 0.401. The average molecular weight is 330 g/mol. The molecule has 114 valence electrons. The molecule has 0 aliphatic heterocycles. The summed E-state index contributed by atoms with van der Waals surface area (Å²) < 4.78 is 10.6. The summed E-state index contributed by atoms with van der Waals surface area (Å²) in [7, 11) is 1.63. The van der Waals surface area contributed by atoms with Crippen molar-refractivity contribution in [1.82, 2.24) is 4.98 Å². The number of methoxy groups -OCH3 is 1. The molecule has 0 amide bonds. The van der Waals surface area contributed by atoms with Gasteiger partial charge in [0.1, 0.15) is 18.2 Å². The van der Waals surface area contributed by atoms with E-state index in [1.54, 1.807) is 25.4 Å². The van der Waals surface area contributed by atoms with Gasteiger partial charge in [-0.3, -0.25) is 5.41 Å². The van der Waals surface area contributed by atoms with Gasteiger partial charge in [-0.05, 0) is 23.8 Å². The highest BCUT2D eigenvalue weighted by Crippen LogP contribution is 2.14. The molecule has 0 fully saturated rings. The van der Waals surface area contributed by atoms with Crippen molar-refractivity contribution >= 4 is 30.6 Å². The Morgan fingerprint density at radius 2 is 1.86 bits per heavy atom. The van der Waals surface area contributed by atoms with E-state index in [9.17, 15) is 0 Å². The first-order chi connectivity index (χ1) is 9.19. The van der Waals surface area contributed by atoms with Crippen LogP contribution in [0.2, 0.25) is 0 Å². The van der Waals surface area contributed by atoms with E-state index in [1.165, 1.54) is 0 Å². The fraction of sp³-hybridized carbons (Fsp3) is 0.143. The lowest BCUT2D eigenvalue weighted by Gasteiger charge is -2.07. The lowest BCUT2D eigenvalue weighted by atomic mass is 10.2. The van der Waals surface area contributed by atoms with E-state index in [0.717, 1.165) is 11.3 Å². The highest BCUT2D eigenvalue weighted by molar-refractivity contribution is 5.95. The fourth-order valence-corrected chi connectivity index (χ4v) is 1.53. The first kappa shape index (κ1) is 19.0. The van der Waals surface area contributed by atoms with Crippen LogP contribution in [0.5, 0.6) is 11.6 Å². The Balaban J connectivity index is 0.00000200. The summed E-state index contributed by atoms with van der Waals surface area (Å²) in [5.74, 6) is 1.25. The summed E-state index contributed by atoms with van der Waals surface area (Å²) in [5, 5.41) is 7.35. The van der Waals surface area contributed by atoms with Crippen molar-refractivity contribution in [2.75, 3.05) is 7.11 Å². The lowest BCUT2D eigenvalue weighted by Crippen LogP contribution is -2.11. The van der Waals surface area contributed by atoms with Crippen LogP contribution >= 0.6 is 24.8 Å². The number of halogens is 2. The summed E-state index contributed by atoms with van der Waals surface area (Å²) in [4.78, 5) is 4.07. The second kappa shape index (κ2) is 9.05. The number of ether oxygens (including phenoxy) is 2. The van der Waals surface area contributed by atoms with E-state index >= 15 is 0 Å². The van der Waals surface area contributed by atoms with Gasteiger partial charge in [0.05, 0.1) is 7.11 Å². The molecule has 5 nitrogen and oxygen atoms in total. The number of aromatic nitrogens is 1. The van der Waals surface area contributed by atoms with Crippen LogP contribution in [0, 0.1) is 5.41 Å². The normalized spacial score (nSPS) is 9.00. The number of nitrogens with one attached hydrogen (secondary N) is 1. The highest BCUT2D eigenvalue weighted by Gasteiger charge is 2.01. The third-order valence-electron chi connectivity index (χ3n) is 2.59. The molecule has 0 bridgehead atoms. The Hall–Kier alpha value is -1.98. The summed E-state index contributed by atoms with van der Waals surface area (Å²) >= 11 is 0. The van der Waals surface area contributed by atoms with Gasteiger partial charge in [0, 0.05) is 17.8 Å². The molecule has 7 heteroatoms. The van der Waals surface area contributed by atoms with Crippen LogP contribution in [0.25, 0.3) is 0 Å². The van der Waals surface area contributed by atoms with Crippen molar-refractivity contribution in [3.63, 3.8) is 0 Å². The van der Waals surface area contributed by atoms with Crippen molar-refractivity contribution < 1.29 is 9.47 Å². The molecule has 1 heterocycles. The minimum absolute atomic E-state index is 0. The Bertz CT molecular complexity index is 577. The predicted molar refractivity (Wildman–Crippen MR) is 87.1 cm³/mol. The second-order valence-corrected chi connectivity index (χ2v) is 3.93. The standard InChI is InChI=1S/C14H15N3O2.2ClH/c1-18-12-4-2-10(3-5-12)9-19-13-8-11(14(15)16)6-7-17-13;;/h2-8H,9H2,1H3,(H3,15,16);2*1H. The van der Waals surface area contributed by atoms with Crippen molar-refractivity contribution in [3.8, 4) is 11.6 Å². The van der Waals surface area contributed by atoms with E-state index in [2.05, 4.69) is 4.98 Å². The van der Waals surface area contributed by atoms with Crippen molar-refractivity contribution in [3.05, 3.63) is 53.7 Å². The van der Waals surface area contributed by atoms with Gasteiger partial charge >= 0.3 is 0 Å². The molecule has 0 aliphatic carbocycles. The zero-order valence-corrected chi connectivity index (χ0v) is 13.0. The Kier molecular flexibility index (Phi) is 8.19. The molecule has 0 saturated carbocycles. The monoisotopic (exact) mass is 329 g/mol. The van der Waals surface area contributed by atoms with Gasteiger partial charge in [0.15, 0.2) is 0 Å². The topological polar surface area (TPSA) is 81.2 Å². The maximum Gasteiger partial charge on any atom is 0.214 e. The van der Waals surface area contributed by atoms with Gasteiger partial charge in [-0.2, -0.15) is 0 Å². The summed E-state index contributed by atoms with van der Waals surface area (Å²) in [5.41, 5.74) is 7.01. The molecule has 0 spiro atoms. The van der Waals surface area contributed by atoms with Crippen LogP contribution in [0.15, 0.2) is 42.6 Å². The van der Waals surface area contributed by atoms with Crippen LogP contribution in [-0.2, 0) is 6.61 Å². The molecule has 0 atom stereocenters. The van der Waals surface area contributed by atoms with E-state index < -0.39 is 0 Å². The van der Waals surface area contributed by atoms with Crippen molar-refractivity contribution in [2.24, 2.45) is 5.73 Å². The molecule has 3 N–H and O–H groups in total. The van der Waals surface area contributed by atoms with Gasteiger partial charge in [0.2, 0.25) is 5.88 Å². The molecule has 1 aromatic carbocycles. The fourth-order valence-electron chi connectivity index (χ4n) is 1.53. The molecule has 0 unspecified atom stereocenters. The Morgan fingerprint density at radius 1 is 1.19 bits per heavy atom. The third kappa shape index (κ3) is 5.49. The number of nitrogens with two attached hydrogens (primary N) is 1. The molecule has 21 heavy (non-hydrogen) atoms. The molecule has 0 aliphatic rings. The number of hydrogen-bond acceptors (Lipinski definition) is 4. The molecule has 2 rings (SSSR count). The smallest absolute Gasteiger partial charge is 0.214 e. The minimum atomic E-state index is -0.00306. The van der Waals surface area contributed by atoms with Gasteiger partial charge in [-0.25, -0.2) is 4.98 Å². The summed E-state index contributed by atoms with van der Waals surface area (Å²) in [6.07, 6.45) is 1.57. The van der Waals surface area contributed by atoms with Gasteiger partial charge in [-0.15, -0.1) is 24.8 Å². The Labute approximate surface area is 135 Å². The SMILES string of the molecule is COc1ccc(COc2cc(C(=N)N)ccn2)cc1.Cl.Cl. The van der Waals surface area contributed by atoms with Crippen LogP contribution < -0.4 is 15.2 Å². The first-order valence-electron chi connectivity index (χ1n) is 5.75. The average Bonchev–Trinajstić information content (AvgIpc) is 2.46. The van der Waals surface area contributed by atoms with Gasteiger partial charge in [-0.1, -0.05) is 12.1 Å². The maximum absolute atomic E-state index is 7.35. The minimum Gasteiger partial charge on any atom is -0.497 e. The number of nitrogen functional groups attached to an aromatic ring is 1. The van der Waals surface area contributed by atoms with Crippen LogP contribution in [0.3, 0.4) is 0 Å². The zero-order valence-electron chi connectivity index (χ0n) is 11.4. The highest BCUT2D eigenvalue weighted by atomic mass is 35.5. The molecule has 2 aromatic rings. The predicted octanol–water partition coefficient (Wildman–Crippen LogP) is 2.80. The zero-order chi connectivity index (χ0) is 13.7. The van der Waals surface area contributed by atoms with Crippen LogP contribution in [0.4, 0.5) is 0 Å². The van der Waals surface area contributed by atoms with E-state index in [-0.39, 0.29) is 30.6 Å². The van der Waals surface area contributed by atoms with Crippen molar-refractivity contribution in [2.45, 2.75) is 6.61 Å². The van der Waals surface area contributed by atoms with E-state index in [4.69, 9.17) is 20.6 Å². The molecular formula is C14H17Cl2N3O2. The van der Waals surface area contributed by atoms with Crippen molar-refractivity contribution in [1.29, 1.82) is 5.41 Å². The lowest BCUT2D eigenvalue weighted by molar-refractivity contribution is 0.293. The largest absolute Gasteiger partial charge is 0.497 e. The van der Waals surface area contributed by atoms with E-state index in [1.807, 2.05) is 24.3 Å². The second-order valence-electron chi connectivity index (χ2n) is 3.93. The molecule has 0 saturated heterocycles. The van der Waals surface area contributed by atoms with Crippen LogP contribution in [-0.4, -0.2) is 17.9 Å². The number of amidine groups is 1. The number of nitrogens with zero attached hydrogens (tertiary/aromatic N) is 1. The van der Waals surface area contributed by atoms with Gasteiger partial charge in [0.25, 0.3) is 0 Å². The summed E-state index contributed by atoms with van der Waals surface area (Å²) in [6, 6.07) is 10.9. The van der Waals surface area contributed by atoms with Crippen LogP contribution in [0.1, 0.15) is 11.1 Å². The number of benzene rings is 1. The first-order valence-corrected chi connectivity index (χ1v) is 5.75. The number of hydrogen-bond donors (Lipinski definition) is 2. The maximum atomic E-state index is 7.35. The number of pyridine rings is 1. The quantitative estimate of drug-likeness (QED) is 0.652. The molecule has 0 radical (unpaired) electrons. The Morgan fingerprint density at radius 3 is 2.43 bits per heavy atom.